The zero-order valence-corrected chi connectivity index (χ0v) is 11.3. The van der Waals surface area contributed by atoms with E-state index in [0.29, 0.717) is 12.6 Å². The van der Waals surface area contributed by atoms with Gasteiger partial charge in [0.15, 0.2) is 5.78 Å². The van der Waals surface area contributed by atoms with Crippen LogP contribution < -0.4 is 0 Å². The fourth-order valence-corrected chi connectivity index (χ4v) is 2.83. The van der Waals surface area contributed by atoms with Gasteiger partial charge in [-0.25, -0.2) is 0 Å². The Hall–Kier alpha value is -0.710. The highest BCUT2D eigenvalue weighted by Gasteiger charge is 2.21. The monoisotopic (exact) mass is 253 g/mol. The van der Waals surface area contributed by atoms with Crippen LogP contribution in [-0.4, -0.2) is 43.0 Å². The van der Waals surface area contributed by atoms with Crippen LogP contribution in [-0.2, 0) is 4.74 Å². The molecule has 2 rings (SSSR count). The van der Waals surface area contributed by atoms with Gasteiger partial charge in [-0.05, 0) is 25.5 Å². The average molecular weight is 253 g/mol. The molecule has 2 heterocycles. The molecular formula is C13H19NO2S. The summed E-state index contributed by atoms with van der Waals surface area (Å²) in [5.74, 6) is 0.236. The SMILES string of the molecule is CCC1CN(CC(=O)c2ccc(C)s2)CCO1. The normalized spacial score (nSPS) is 21.6. The molecule has 94 valence electrons. The zero-order chi connectivity index (χ0) is 12.3. The van der Waals surface area contributed by atoms with E-state index >= 15 is 0 Å². The number of morpholine rings is 1. The van der Waals surface area contributed by atoms with E-state index in [4.69, 9.17) is 4.74 Å². The smallest absolute Gasteiger partial charge is 0.186 e. The fourth-order valence-electron chi connectivity index (χ4n) is 2.04. The molecule has 0 aliphatic carbocycles. The van der Waals surface area contributed by atoms with Gasteiger partial charge in [0.05, 0.1) is 24.1 Å². The van der Waals surface area contributed by atoms with Crippen molar-refractivity contribution >= 4 is 17.1 Å². The minimum Gasteiger partial charge on any atom is -0.376 e. The molecule has 1 unspecified atom stereocenters. The third-order valence-electron chi connectivity index (χ3n) is 3.06. The molecule has 1 fully saturated rings. The number of hydrogen-bond acceptors (Lipinski definition) is 4. The maximum absolute atomic E-state index is 12.0. The van der Waals surface area contributed by atoms with Crippen LogP contribution >= 0.6 is 11.3 Å². The van der Waals surface area contributed by atoms with Crippen molar-refractivity contribution in [3.8, 4) is 0 Å². The lowest BCUT2D eigenvalue weighted by Gasteiger charge is -2.31. The summed E-state index contributed by atoms with van der Waals surface area (Å²) in [6.07, 6.45) is 1.31. The van der Waals surface area contributed by atoms with Crippen molar-refractivity contribution in [2.24, 2.45) is 0 Å². The molecule has 1 aliphatic heterocycles. The second-order valence-electron chi connectivity index (χ2n) is 4.47. The molecule has 0 bridgehead atoms. The molecule has 17 heavy (non-hydrogen) atoms. The average Bonchev–Trinajstić information content (AvgIpc) is 2.76. The fraction of sp³-hybridized carbons (Fsp3) is 0.615. The number of ketones is 1. The first-order chi connectivity index (χ1) is 8.19. The summed E-state index contributed by atoms with van der Waals surface area (Å²) >= 11 is 1.58. The van der Waals surface area contributed by atoms with E-state index in [1.807, 2.05) is 19.1 Å². The number of nitrogens with zero attached hydrogens (tertiary/aromatic N) is 1. The van der Waals surface area contributed by atoms with Gasteiger partial charge in [-0.3, -0.25) is 9.69 Å². The van der Waals surface area contributed by atoms with Crippen LogP contribution in [0, 0.1) is 6.92 Å². The number of hydrogen-bond donors (Lipinski definition) is 0. The number of Topliss-reactive ketones (excluding diaryl/α,β-unsaturated/α-hetero) is 1. The molecule has 1 aromatic rings. The van der Waals surface area contributed by atoms with Crippen LogP contribution in [0.25, 0.3) is 0 Å². The first-order valence-electron chi connectivity index (χ1n) is 6.12. The number of thiophene rings is 1. The summed E-state index contributed by atoms with van der Waals surface area (Å²) < 4.78 is 5.60. The molecule has 3 nitrogen and oxygen atoms in total. The molecule has 4 heteroatoms. The first-order valence-corrected chi connectivity index (χ1v) is 6.94. The highest BCUT2D eigenvalue weighted by Crippen LogP contribution is 2.17. The van der Waals surface area contributed by atoms with Crippen LogP contribution in [0.1, 0.15) is 27.9 Å². The lowest BCUT2D eigenvalue weighted by atomic mass is 10.2. The Morgan fingerprint density at radius 1 is 1.59 bits per heavy atom. The number of rotatable bonds is 4. The maximum Gasteiger partial charge on any atom is 0.186 e. The second-order valence-corrected chi connectivity index (χ2v) is 5.76. The minimum atomic E-state index is 0.236. The van der Waals surface area contributed by atoms with E-state index in [-0.39, 0.29) is 5.78 Å². The van der Waals surface area contributed by atoms with Gasteiger partial charge < -0.3 is 4.74 Å². The van der Waals surface area contributed by atoms with Crippen molar-refractivity contribution in [1.82, 2.24) is 4.90 Å². The maximum atomic E-state index is 12.0. The van der Waals surface area contributed by atoms with Gasteiger partial charge in [0.2, 0.25) is 0 Å². The summed E-state index contributed by atoms with van der Waals surface area (Å²) in [5, 5.41) is 0. The summed E-state index contributed by atoms with van der Waals surface area (Å²) in [4.78, 5) is 16.3. The molecule has 1 aliphatic rings. The van der Waals surface area contributed by atoms with Crippen molar-refractivity contribution in [2.75, 3.05) is 26.2 Å². The Balaban J connectivity index is 1.90. The lowest BCUT2D eigenvalue weighted by molar-refractivity contribution is -0.0271. The Bertz CT molecular complexity index is 389. The van der Waals surface area contributed by atoms with Crippen LogP contribution in [0.4, 0.5) is 0 Å². The zero-order valence-electron chi connectivity index (χ0n) is 10.4. The van der Waals surface area contributed by atoms with Gasteiger partial charge in [0.1, 0.15) is 0 Å². The first kappa shape index (κ1) is 12.7. The number of ether oxygens (including phenoxy) is 1. The molecular weight excluding hydrogens is 234 g/mol. The largest absolute Gasteiger partial charge is 0.376 e. The van der Waals surface area contributed by atoms with Crippen molar-refractivity contribution in [3.05, 3.63) is 21.9 Å². The van der Waals surface area contributed by atoms with E-state index in [9.17, 15) is 4.79 Å². The van der Waals surface area contributed by atoms with Gasteiger partial charge in [-0.1, -0.05) is 6.92 Å². The highest BCUT2D eigenvalue weighted by atomic mass is 32.1. The molecule has 0 N–H and O–H groups in total. The van der Waals surface area contributed by atoms with Crippen molar-refractivity contribution in [2.45, 2.75) is 26.4 Å². The number of carbonyl (C=O) groups is 1. The third-order valence-corrected chi connectivity index (χ3v) is 4.10. The Morgan fingerprint density at radius 3 is 3.06 bits per heavy atom. The van der Waals surface area contributed by atoms with Crippen LogP contribution in [0.2, 0.25) is 0 Å². The molecule has 1 saturated heterocycles. The molecule has 0 spiro atoms. The van der Waals surface area contributed by atoms with E-state index in [1.54, 1.807) is 11.3 Å². The van der Waals surface area contributed by atoms with Gasteiger partial charge in [-0.2, -0.15) is 0 Å². The Morgan fingerprint density at radius 2 is 2.41 bits per heavy atom. The predicted molar refractivity (Wildman–Crippen MR) is 69.9 cm³/mol. The second kappa shape index (κ2) is 5.76. The molecule has 0 saturated carbocycles. The van der Waals surface area contributed by atoms with Gasteiger partial charge >= 0.3 is 0 Å². The minimum absolute atomic E-state index is 0.236. The molecule has 0 amide bonds. The predicted octanol–water partition coefficient (Wildman–Crippen LogP) is 2.35. The topological polar surface area (TPSA) is 29.5 Å². The summed E-state index contributed by atoms with van der Waals surface area (Å²) in [6, 6.07) is 3.94. The lowest BCUT2D eigenvalue weighted by Crippen LogP contribution is -2.44. The van der Waals surface area contributed by atoms with Crippen molar-refractivity contribution in [3.63, 3.8) is 0 Å². The van der Waals surface area contributed by atoms with Gasteiger partial charge in [0.25, 0.3) is 0 Å². The van der Waals surface area contributed by atoms with Crippen molar-refractivity contribution < 1.29 is 9.53 Å². The van der Waals surface area contributed by atoms with E-state index in [2.05, 4.69) is 11.8 Å². The Kier molecular flexibility index (Phi) is 4.31. The molecule has 0 radical (unpaired) electrons. The number of carbonyl (C=O) groups excluding carboxylic acids is 1. The van der Waals surface area contributed by atoms with Crippen LogP contribution in [0.15, 0.2) is 12.1 Å². The third kappa shape index (κ3) is 3.37. The van der Waals surface area contributed by atoms with Gasteiger partial charge in [0, 0.05) is 18.0 Å². The standard InChI is InChI=1S/C13H19NO2S/c1-3-11-8-14(6-7-16-11)9-12(15)13-5-4-10(2)17-13/h4-5,11H,3,6-9H2,1-2H3. The van der Waals surface area contributed by atoms with E-state index in [0.717, 1.165) is 31.0 Å². The van der Waals surface area contributed by atoms with Crippen molar-refractivity contribution in [1.29, 1.82) is 0 Å². The quantitative estimate of drug-likeness (QED) is 0.771. The number of aryl methyl sites for hydroxylation is 1. The molecule has 1 atom stereocenters. The van der Waals surface area contributed by atoms with E-state index < -0.39 is 0 Å². The van der Waals surface area contributed by atoms with Crippen LogP contribution in [0.5, 0.6) is 0 Å². The van der Waals surface area contributed by atoms with Gasteiger partial charge in [-0.15, -0.1) is 11.3 Å². The summed E-state index contributed by atoms with van der Waals surface area (Å²) in [7, 11) is 0. The molecule has 0 aromatic carbocycles. The summed E-state index contributed by atoms with van der Waals surface area (Å²) in [6.45, 7) is 7.18. The molecule has 1 aromatic heterocycles. The Labute approximate surface area is 106 Å². The van der Waals surface area contributed by atoms with Crippen LogP contribution in [0.3, 0.4) is 0 Å². The van der Waals surface area contributed by atoms with E-state index in [1.165, 1.54) is 4.88 Å². The highest BCUT2D eigenvalue weighted by molar-refractivity contribution is 7.14. The summed E-state index contributed by atoms with van der Waals surface area (Å²) in [5.41, 5.74) is 0.